The van der Waals surface area contributed by atoms with Gasteiger partial charge in [0.25, 0.3) is 0 Å². The van der Waals surface area contributed by atoms with Crippen molar-refractivity contribution in [3.05, 3.63) is 65.7 Å². The van der Waals surface area contributed by atoms with Crippen molar-refractivity contribution in [3.63, 3.8) is 0 Å². The fourth-order valence-corrected chi connectivity index (χ4v) is 2.98. The van der Waals surface area contributed by atoms with Gasteiger partial charge < -0.3 is 14.4 Å². The monoisotopic (exact) mass is 284 g/mol. The molecule has 0 bridgehead atoms. The Bertz CT molecular complexity index is 582. The molecule has 1 heterocycles. The third kappa shape index (κ3) is 2.67. The molecule has 3 rings (SSSR count). The van der Waals surface area contributed by atoms with Gasteiger partial charge in [0.2, 0.25) is 6.23 Å². The summed E-state index contributed by atoms with van der Waals surface area (Å²) in [5.74, 6) is 0.877. The van der Waals surface area contributed by atoms with Crippen molar-refractivity contribution >= 4 is 0 Å². The summed E-state index contributed by atoms with van der Waals surface area (Å²) in [7, 11) is 3.88. The minimum absolute atomic E-state index is 0.0658. The SMILES string of the molecule is COc1ccc([C@H]2O[C@@H](c3ccccc3)[C@H](C)[NH+]2C)cc1. The zero-order chi connectivity index (χ0) is 14.8. The van der Waals surface area contributed by atoms with E-state index in [0.717, 1.165) is 5.75 Å². The number of rotatable bonds is 3. The molecule has 1 aliphatic rings. The molecule has 1 fully saturated rings. The second kappa shape index (κ2) is 5.88. The molecule has 1 N–H and O–H groups in total. The predicted molar refractivity (Wildman–Crippen MR) is 82.4 cm³/mol. The Hall–Kier alpha value is -1.84. The van der Waals surface area contributed by atoms with Gasteiger partial charge in [-0.15, -0.1) is 0 Å². The van der Waals surface area contributed by atoms with Gasteiger partial charge in [0, 0.05) is 5.56 Å². The molecule has 4 atom stereocenters. The molecule has 0 aliphatic carbocycles. The average molecular weight is 284 g/mol. The molecule has 3 heteroatoms. The van der Waals surface area contributed by atoms with Crippen LogP contribution in [0, 0.1) is 0 Å². The first kappa shape index (κ1) is 14.1. The van der Waals surface area contributed by atoms with Crippen LogP contribution < -0.4 is 9.64 Å². The normalized spacial score (nSPS) is 28.5. The third-order valence-electron chi connectivity index (χ3n) is 4.42. The van der Waals surface area contributed by atoms with Crippen LogP contribution in [0.3, 0.4) is 0 Å². The van der Waals surface area contributed by atoms with Crippen molar-refractivity contribution in [2.75, 3.05) is 14.2 Å². The maximum Gasteiger partial charge on any atom is 0.219 e. The van der Waals surface area contributed by atoms with Gasteiger partial charge in [-0.3, -0.25) is 0 Å². The van der Waals surface area contributed by atoms with E-state index in [1.807, 2.05) is 18.2 Å². The van der Waals surface area contributed by atoms with Crippen LogP contribution in [0.25, 0.3) is 0 Å². The summed E-state index contributed by atoms with van der Waals surface area (Å²) in [6.07, 6.45) is 0.203. The molecule has 2 aromatic carbocycles. The van der Waals surface area contributed by atoms with Crippen molar-refractivity contribution in [2.24, 2.45) is 0 Å². The van der Waals surface area contributed by atoms with Crippen molar-refractivity contribution in [2.45, 2.75) is 25.3 Å². The Labute approximate surface area is 126 Å². The van der Waals surface area contributed by atoms with Crippen molar-refractivity contribution in [3.8, 4) is 5.75 Å². The molecule has 3 nitrogen and oxygen atoms in total. The molecule has 1 aliphatic heterocycles. The second-order valence-corrected chi connectivity index (χ2v) is 5.65. The molecule has 2 aromatic rings. The summed E-state index contributed by atoms with van der Waals surface area (Å²) < 4.78 is 11.6. The lowest BCUT2D eigenvalue weighted by Gasteiger charge is -2.18. The number of likely N-dealkylation sites (N-methyl/N-ethyl adjacent to an activating group) is 1. The highest BCUT2D eigenvalue weighted by atomic mass is 16.5. The van der Waals surface area contributed by atoms with Crippen LogP contribution in [-0.4, -0.2) is 20.2 Å². The smallest absolute Gasteiger partial charge is 0.219 e. The Morgan fingerprint density at radius 1 is 0.952 bits per heavy atom. The fourth-order valence-electron chi connectivity index (χ4n) is 2.98. The van der Waals surface area contributed by atoms with E-state index in [-0.39, 0.29) is 12.3 Å². The molecule has 21 heavy (non-hydrogen) atoms. The van der Waals surface area contributed by atoms with Gasteiger partial charge in [-0.2, -0.15) is 0 Å². The standard InChI is InChI=1S/C18H21NO2/c1-13-17(14-7-5-4-6-8-14)21-18(19(13)2)15-9-11-16(20-3)12-10-15/h4-13,17-18H,1-3H3/p+1/t13-,17+,18+/m0/s1. The summed E-state index contributed by atoms with van der Waals surface area (Å²) >= 11 is 0. The zero-order valence-electron chi connectivity index (χ0n) is 12.7. The van der Waals surface area contributed by atoms with Gasteiger partial charge in [0.05, 0.1) is 14.2 Å². The summed E-state index contributed by atoms with van der Waals surface area (Å²) in [5.41, 5.74) is 2.44. The van der Waals surface area contributed by atoms with Crippen LogP contribution in [0.2, 0.25) is 0 Å². The van der Waals surface area contributed by atoms with Gasteiger partial charge in [-0.05, 0) is 36.8 Å². The number of hydrogen-bond acceptors (Lipinski definition) is 2. The van der Waals surface area contributed by atoms with Crippen molar-refractivity contribution in [1.29, 1.82) is 0 Å². The number of ether oxygens (including phenoxy) is 2. The predicted octanol–water partition coefficient (Wildman–Crippen LogP) is 2.37. The van der Waals surface area contributed by atoms with Gasteiger partial charge in [-0.1, -0.05) is 30.3 Å². The molecule has 0 aromatic heterocycles. The molecule has 110 valence electrons. The Kier molecular flexibility index (Phi) is 3.95. The Morgan fingerprint density at radius 3 is 2.24 bits per heavy atom. The van der Waals surface area contributed by atoms with Gasteiger partial charge in [0.15, 0.2) is 0 Å². The molecular weight excluding hydrogens is 262 g/mol. The Balaban J connectivity index is 1.84. The lowest BCUT2D eigenvalue weighted by molar-refractivity contribution is -0.933. The largest absolute Gasteiger partial charge is 0.497 e. The fraction of sp³-hybridized carbons (Fsp3) is 0.333. The molecule has 0 radical (unpaired) electrons. The number of benzene rings is 2. The van der Waals surface area contributed by atoms with E-state index >= 15 is 0 Å². The first-order valence-corrected chi connectivity index (χ1v) is 7.38. The van der Waals surface area contributed by atoms with Crippen LogP contribution in [0.4, 0.5) is 0 Å². The molecule has 0 saturated carbocycles. The molecular formula is C18H22NO2+. The summed E-state index contributed by atoms with van der Waals surface area (Å²) in [6.45, 7) is 2.25. The van der Waals surface area contributed by atoms with E-state index in [4.69, 9.17) is 9.47 Å². The van der Waals surface area contributed by atoms with E-state index in [9.17, 15) is 0 Å². The van der Waals surface area contributed by atoms with Crippen molar-refractivity contribution < 1.29 is 14.4 Å². The van der Waals surface area contributed by atoms with E-state index in [2.05, 4.69) is 50.4 Å². The summed E-state index contributed by atoms with van der Waals surface area (Å²) in [6, 6.07) is 19.1. The highest BCUT2D eigenvalue weighted by molar-refractivity contribution is 5.28. The highest BCUT2D eigenvalue weighted by Crippen LogP contribution is 2.31. The maximum absolute atomic E-state index is 6.35. The summed E-state index contributed by atoms with van der Waals surface area (Å²) in [4.78, 5) is 1.38. The summed E-state index contributed by atoms with van der Waals surface area (Å²) in [5, 5.41) is 0. The van der Waals surface area contributed by atoms with Crippen LogP contribution in [0.15, 0.2) is 54.6 Å². The zero-order valence-corrected chi connectivity index (χ0v) is 12.7. The first-order valence-electron chi connectivity index (χ1n) is 7.38. The van der Waals surface area contributed by atoms with E-state index < -0.39 is 0 Å². The second-order valence-electron chi connectivity index (χ2n) is 5.65. The van der Waals surface area contributed by atoms with Crippen LogP contribution in [0.1, 0.15) is 30.4 Å². The molecule has 1 unspecified atom stereocenters. The quantitative estimate of drug-likeness (QED) is 0.935. The highest BCUT2D eigenvalue weighted by Gasteiger charge is 2.42. The first-order chi connectivity index (χ1) is 10.2. The van der Waals surface area contributed by atoms with Gasteiger partial charge in [-0.25, -0.2) is 0 Å². The van der Waals surface area contributed by atoms with E-state index in [1.165, 1.54) is 16.0 Å². The van der Waals surface area contributed by atoms with Crippen molar-refractivity contribution in [1.82, 2.24) is 0 Å². The maximum atomic E-state index is 6.35. The third-order valence-corrected chi connectivity index (χ3v) is 4.42. The lowest BCUT2D eigenvalue weighted by atomic mass is 10.0. The number of hydrogen-bond donors (Lipinski definition) is 1. The molecule has 1 saturated heterocycles. The Morgan fingerprint density at radius 2 is 1.62 bits per heavy atom. The minimum atomic E-state index is 0.0658. The number of methoxy groups -OCH3 is 1. The van der Waals surface area contributed by atoms with Gasteiger partial charge >= 0.3 is 0 Å². The average Bonchev–Trinajstić information content (AvgIpc) is 2.84. The number of nitrogens with one attached hydrogen (secondary N) is 1. The number of quaternary nitrogens is 1. The van der Waals surface area contributed by atoms with Gasteiger partial charge in [0.1, 0.15) is 17.9 Å². The minimum Gasteiger partial charge on any atom is -0.497 e. The van der Waals surface area contributed by atoms with E-state index in [1.54, 1.807) is 7.11 Å². The molecule has 0 spiro atoms. The van der Waals surface area contributed by atoms with Crippen LogP contribution >= 0.6 is 0 Å². The lowest BCUT2D eigenvalue weighted by Crippen LogP contribution is -3.10. The topological polar surface area (TPSA) is 22.9 Å². The molecule has 0 amide bonds. The van der Waals surface area contributed by atoms with Crippen LogP contribution in [0.5, 0.6) is 5.75 Å². The van der Waals surface area contributed by atoms with E-state index in [0.29, 0.717) is 6.04 Å². The van der Waals surface area contributed by atoms with Crippen LogP contribution in [-0.2, 0) is 4.74 Å².